The predicted octanol–water partition coefficient (Wildman–Crippen LogP) is 3.38. The van der Waals surface area contributed by atoms with Crippen molar-refractivity contribution in [3.05, 3.63) is 70.8 Å². The molecule has 4 heteroatoms. The van der Waals surface area contributed by atoms with Crippen LogP contribution in [0.2, 0.25) is 5.02 Å². The summed E-state index contributed by atoms with van der Waals surface area (Å²) in [7, 11) is 0. The molecular weight excluding hydrogens is 274 g/mol. The fourth-order valence-electron chi connectivity index (χ4n) is 1.66. The van der Waals surface area contributed by atoms with Crippen LogP contribution < -0.4 is 5.32 Å². The Morgan fingerprint density at radius 3 is 2.65 bits per heavy atom. The Morgan fingerprint density at radius 2 is 1.95 bits per heavy atom. The standard InChI is InChI=1S/C16H14ClNO2/c17-14-7-4-12(5-8-14)6-9-16(20)18-11-13-2-1-3-15(19)10-13/h1-10,19H,11H2,(H,18,20)/b9-6+. The third-order valence-electron chi connectivity index (χ3n) is 2.67. The minimum atomic E-state index is -0.191. The molecule has 0 aliphatic heterocycles. The van der Waals surface area contributed by atoms with Crippen LogP contribution in [0.4, 0.5) is 0 Å². The number of hydrogen-bond acceptors (Lipinski definition) is 2. The van der Waals surface area contributed by atoms with Crippen molar-refractivity contribution < 1.29 is 9.90 Å². The summed E-state index contributed by atoms with van der Waals surface area (Å²) in [6.07, 6.45) is 3.18. The van der Waals surface area contributed by atoms with Crippen molar-refractivity contribution in [1.82, 2.24) is 5.32 Å². The van der Waals surface area contributed by atoms with Gasteiger partial charge < -0.3 is 10.4 Å². The largest absolute Gasteiger partial charge is 0.508 e. The number of carbonyl (C=O) groups is 1. The van der Waals surface area contributed by atoms with Gasteiger partial charge in [0.25, 0.3) is 0 Å². The van der Waals surface area contributed by atoms with Crippen LogP contribution in [0.25, 0.3) is 6.08 Å². The summed E-state index contributed by atoms with van der Waals surface area (Å²) in [5, 5.41) is 12.7. The van der Waals surface area contributed by atoms with E-state index in [0.29, 0.717) is 11.6 Å². The summed E-state index contributed by atoms with van der Waals surface area (Å²) in [6, 6.07) is 14.0. The minimum absolute atomic E-state index is 0.188. The van der Waals surface area contributed by atoms with Crippen LogP contribution in [-0.4, -0.2) is 11.0 Å². The van der Waals surface area contributed by atoms with Gasteiger partial charge in [-0.3, -0.25) is 4.79 Å². The molecule has 0 radical (unpaired) electrons. The smallest absolute Gasteiger partial charge is 0.244 e. The zero-order chi connectivity index (χ0) is 14.4. The number of phenols is 1. The van der Waals surface area contributed by atoms with Gasteiger partial charge in [0, 0.05) is 17.6 Å². The highest BCUT2D eigenvalue weighted by atomic mass is 35.5. The van der Waals surface area contributed by atoms with Crippen LogP contribution >= 0.6 is 11.6 Å². The Kier molecular flexibility index (Phi) is 4.80. The molecule has 2 rings (SSSR count). The van der Waals surface area contributed by atoms with Crippen molar-refractivity contribution in [1.29, 1.82) is 0 Å². The molecule has 0 aliphatic carbocycles. The third kappa shape index (κ3) is 4.44. The lowest BCUT2D eigenvalue weighted by Crippen LogP contribution is -2.20. The lowest BCUT2D eigenvalue weighted by Gasteiger charge is -2.03. The van der Waals surface area contributed by atoms with E-state index in [9.17, 15) is 9.90 Å². The molecule has 0 aromatic heterocycles. The minimum Gasteiger partial charge on any atom is -0.508 e. The van der Waals surface area contributed by atoms with Crippen molar-refractivity contribution >= 4 is 23.6 Å². The van der Waals surface area contributed by atoms with Crippen molar-refractivity contribution in [2.24, 2.45) is 0 Å². The van der Waals surface area contributed by atoms with Gasteiger partial charge in [-0.25, -0.2) is 0 Å². The van der Waals surface area contributed by atoms with E-state index in [2.05, 4.69) is 5.32 Å². The highest BCUT2D eigenvalue weighted by Crippen LogP contribution is 2.11. The molecule has 20 heavy (non-hydrogen) atoms. The number of phenolic OH excluding ortho intramolecular Hbond substituents is 1. The molecule has 0 heterocycles. The van der Waals surface area contributed by atoms with Gasteiger partial charge in [-0.05, 0) is 41.5 Å². The maximum atomic E-state index is 11.7. The molecule has 102 valence electrons. The van der Waals surface area contributed by atoms with Crippen LogP contribution in [0, 0.1) is 0 Å². The van der Waals surface area contributed by atoms with Gasteiger partial charge in [0.2, 0.25) is 5.91 Å². The molecular formula is C16H14ClNO2. The van der Waals surface area contributed by atoms with Gasteiger partial charge in [0.05, 0.1) is 0 Å². The molecule has 0 saturated heterocycles. The van der Waals surface area contributed by atoms with Crippen molar-refractivity contribution in [2.45, 2.75) is 6.54 Å². The molecule has 0 atom stereocenters. The number of benzene rings is 2. The van der Waals surface area contributed by atoms with Gasteiger partial charge in [0.1, 0.15) is 5.75 Å². The Bertz CT molecular complexity index is 621. The van der Waals surface area contributed by atoms with Crippen molar-refractivity contribution in [3.63, 3.8) is 0 Å². The summed E-state index contributed by atoms with van der Waals surface area (Å²) in [5.74, 6) is -0.00301. The summed E-state index contributed by atoms with van der Waals surface area (Å²) in [5.41, 5.74) is 1.75. The fraction of sp³-hybridized carbons (Fsp3) is 0.0625. The summed E-state index contributed by atoms with van der Waals surface area (Å²) < 4.78 is 0. The van der Waals surface area contributed by atoms with E-state index in [1.54, 1.807) is 36.4 Å². The molecule has 0 spiro atoms. The average Bonchev–Trinajstić information content (AvgIpc) is 2.45. The number of amides is 1. The second-order valence-corrected chi connectivity index (χ2v) is 4.71. The van der Waals surface area contributed by atoms with Crippen LogP contribution in [-0.2, 0) is 11.3 Å². The Morgan fingerprint density at radius 1 is 1.20 bits per heavy atom. The van der Waals surface area contributed by atoms with E-state index < -0.39 is 0 Å². The van der Waals surface area contributed by atoms with Crippen LogP contribution in [0.3, 0.4) is 0 Å². The fourth-order valence-corrected chi connectivity index (χ4v) is 1.79. The lowest BCUT2D eigenvalue weighted by atomic mass is 10.2. The predicted molar refractivity (Wildman–Crippen MR) is 80.4 cm³/mol. The first kappa shape index (κ1) is 14.2. The normalized spacial score (nSPS) is 10.7. The monoisotopic (exact) mass is 287 g/mol. The van der Waals surface area contributed by atoms with E-state index in [1.165, 1.54) is 6.08 Å². The molecule has 0 aliphatic rings. The number of aromatic hydroxyl groups is 1. The topological polar surface area (TPSA) is 49.3 Å². The number of rotatable bonds is 4. The van der Waals surface area contributed by atoms with Crippen molar-refractivity contribution in [2.75, 3.05) is 0 Å². The van der Waals surface area contributed by atoms with Gasteiger partial charge in [-0.2, -0.15) is 0 Å². The number of halogens is 1. The van der Waals surface area contributed by atoms with Crippen LogP contribution in [0.5, 0.6) is 5.75 Å². The molecule has 1 amide bonds. The molecule has 2 aromatic rings. The van der Waals surface area contributed by atoms with E-state index in [4.69, 9.17) is 11.6 Å². The highest BCUT2D eigenvalue weighted by Gasteiger charge is 1.98. The van der Waals surface area contributed by atoms with Gasteiger partial charge >= 0.3 is 0 Å². The second kappa shape index (κ2) is 6.78. The second-order valence-electron chi connectivity index (χ2n) is 4.27. The number of carbonyl (C=O) groups excluding carboxylic acids is 1. The first-order valence-electron chi connectivity index (χ1n) is 6.13. The summed E-state index contributed by atoms with van der Waals surface area (Å²) in [6.45, 7) is 0.373. The van der Waals surface area contributed by atoms with E-state index in [1.807, 2.05) is 18.2 Å². The number of nitrogens with one attached hydrogen (secondary N) is 1. The van der Waals surface area contributed by atoms with Crippen LogP contribution in [0.15, 0.2) is 54.6 Å². The van der Waals surface area contributed by atoms with Gasteiger partial charge in [-0.1, -0.05) is 35.9 Å². The third-order valence-corrected chi connectivity index (χ3v) is 2.93. The molecule has 2 aromatic carbocycles. The maximum absolute atomic E-state index is 11.7. The van der Waals surface area contributed by atoms with E-state index in [-0.39, 0.29) is 11.7 Å². The number of hydrogen-bond donors (Lipinski definition) is 2. The summed E-state index contributed by atoms with van der Waals surface area (Å²) in [4.78, 5) is 11.7. The Labute approximate surface area is 122 Å². The molecule has 0 saturated carbocycles. The van der Waals surface area contributed by atoms with Crippen LogP contribution in [0.1, 0.15) is 11.1 Å². The van der Waals surface area contributed by atoms with E-state index >= 15 is 0 Å². The van der Waals surface area contributed by atoms with Gasteiger partial charge in [0.15, 0.2) is 0 Å². The molecule has 3 nitrogen and oxygen atoms in total. The Balaban J connectivity index is 1.88. The zero-order valence-corrected chi connectivity index (χ0v) is 11.5. The quantitative estimate of drug-likeness (QED) is 0.847. The van der Waals surface area contributed by atoms with Crippen molar-refractivity contribution in [3.8, 4) is 5.75 Å². The molecule has 0 unspecified atom stereocenters. The molecule has 0 fully saturated rings. The first-order valence-corrected chi connectivity index (χ1v) is 6.51. The maximum Gasteiger partial charge on any atom is 0.244 e. The molecule has 2 N–H and O–H groups in total. The first-order chi connectivity index (χ1) is 9.63. The van der Waals surface area contributed by atoms with Gasteiger partial charge in [-0.15, -0.1) is 0 Å². The molecule has 0 bridgehead atoms. The lowest BCUT2D eigenvalue weighted by molar-refractivity contribution is -0.116. The SMILES string of the molecule is O=C(/C=C/c1ccc(Cl)cc1)NCc1cccc(O)c1. The average molecular weight is 288 g/mol. The summed E-state index contributed by atoms with van der Waals surface area (Å²) >= 11 is 5.78. The zero-order valence-electron chi connectivity index (χ0n) is 10.7. The van der Waals surface area contributed by atoms with E-state index in [0.717, 1.165) is 11.1 Å². The highest BCUT2D eigenvalue weighted by molar-refractivity contribution is 6.30. The Hall–Kier alpha value is -2.26.